The van der Waals surface area contributed by atoms with Crippen LogP contribution in [0.3, 0.4) is 0 Å². The van der Waals surface area contributed by atoms with Crippen molar-refractivity contribution in [2.24, 2.45) is 0 Å². The average molecular weight is 359 g/mol. The Bertz CT molecular complexity index is 520. The molecule has 0 heterocycles. The zero-order valence-corrected chi connectivity index (χ0v) is 12.2. The van der Waals surface area contributed by atoms with Crippen LogP contribution in [0.4, 0.5) is 0 Å². The molecule has 0 saturated carbocycles. The summed E-state index contributed by atoms with van der Waals surface area (Å²) >= 11 is 8.19. The number of aliphatic hydroxyl groups is 1. The van der Waals surface area contributed by atoms with Crippen molar-refractivity contribution >= 4 is 34.2 Å². The molecule has 1 atom stereocenters. The number of hydrogen-bond acceptors (Lipinski definition) is 1. The van der Waals surface area contributed by atoms with Crippen LogP contribution in [0.2, 0.25) is 5.02 Å². The molecule has 1 N–H and O–H groups in total. The van der Waals surface area contributed by atoms with Crippen LogP contribution in [-0.4, -0.2) is 5.11 Å². The van der Waals surface area contributed by atoms with Gasteiger partial charge in [-0.2, -0.15) is 0 Å². The van der Waals surface area contributed by atoms with Gasteiger partial charge in [-0.1, -0.05) is 35.9 Å². The molecule has 1 nitrogen and oxygen atoms in total. The van der Waals surface area contributed by atoms with Crippen LogP contribution in [0.1, 0.15) is 18.1 Å². The third-order valence-electron chi connectivity index (χ3n) is 2.79. The van der Waals surface area contributed by atoms with E-state index in [1.54, 1.807) is 19.1 Å². The van der Waals surface area contributed by atoms with E-state index in [0.29, 0.717) is 5.02 Å². The van der Waals surface area contributed by atoms with Crippen molar-refractivity contribution in [2.45, 2.75) is 12.5 Å². The molecule has 2 aromatic rings. The first kappa shape index (κ1) is 12.9. The lowest BCUT2D eigenvalue weighted by atomic mass is 9.88. The number of hydrogen-bond donors (Lipinski definition) is 1. The standard InChI is InChI=1S/C14H12ClIO/c1-14(17,10-5-7-13(16)8-6-10)11-3-2-4-12(15)9-11/h2-9,17H,1H3. The minimum absolute atomic E-state index is 0.633. The first-order valence-corrected chi connectivity index (χ1v) is 6.70. The highest BCUT2D eigenvalue weighted by Gasteiger charge is 2.25. The van der Waals surface area contributed by atoms with Crippen LogP contribution in [0, 0.1) is 3.57 Å². The molecule has 0 aliphatic rings. The second-order valence-corrected chi connectivity index (χ2v) is 5.77. The van der Waals surface area contributed by atoms with Crippen molar-refractivity contribution in [3.8, 4) is 0 Å². The first-order chi connectivity index (χ1) is 8.00. The van der Waals surface area contributed by atoms with E-state index >= 15 is 0 Å². The molecule has 0 amide bonds. The summed E-state index contributed by atoms with van der Waals surface area (Å²) in [4.78, 5) is 0. The summed E-state index contributed by atoms with van der Waals surface area (Å²) in [6.07, 6.45) is 0. The summed E-state index contributed by atoms with van der Waals surface area (Å²) in [5.41, 5.74) is 0.640. The van der Waals surface area contributed by atoms with Gasteiger partial charge in [0.15, 0.2) is 0 Å². The second kappa shape index (κ2) is 4.96. The predicted octanol–water partition coefficient (Wildman–Crippen LogP) is 4.20. The molecular weight excluding hydrogens is 347 g/mol. The largest absolute Gasteiger partial charge is 0.381 e. The minimum Gasteiger partial charge on any atom is -0.381 e. The van der Waals surface area contributed by atoms with Gasteiger partial charge in [0.05, 0.1) is 0 Å². The topological polar surface area (TPSA) is 20.2 Å². The van der Waals surface area contributed by atoms with Crippen LogP contribution in [-0.2, 0) is 5.60 Å². The molecule has 2 rings (SSSR count). The zero-order chi connectivity index (χ0) is 12.5. The highest BCUT2D eigenvalue weighted by Crippen LogP contribution is 2.30. The molecule has 0 bridgehead atoms. The fourth-order valence-corrected chi connectivity index (χ4v) is 2.28. The Morgan fingerprint density at radius 3 is 2.29 bits per heavy atom. The van der Waals surface area contributed by atoms with Crippen LogP contribution >= 0.6 is 34.2 Å². The van der Waals surface area contributed by atoms with E-state index in [1.165, 1.54) is 0 Å². The van der Waals surface area contributed by atoms with Gasteiger partial charge in [-0.15, -0.1) is 0 Å². The summed E-state index contributed by atoms with van der Waals surface area (Å²) < 4.78 is 1.15. The lowest BCUT2D eigenvalue weighted by Crippen LogP contribution is -2.22. The van der Waals surface area contributed by atoms with Crippen molar-refractivity contribution in [3.63, 3.8) is 0 Å². The Labute approximate surface area is 120 Å². The van der Waals surface area contributed by atoms with Gasteiger partial charge in [-0.25, -0.2) is 0 Å². The van der Waals surface area contributed by atoms with Crippen molar-refractivity contribution in [3.05, 3.63) is 68.3 Å². The molecule has 17 heavy (non-hydrogen) atoms. The maximum atomic E-state index is 10.6. The molecule has 0 saturated heterocycles. The van der Waals surface area contributed by atoms with Gasteiger partial charge in [0.2, 0.25) is 0 Å². The van der Waals surface area contributed by atoms with Crippen molar-refractivity contribution in [1.29, 1.82) is 0 Å². The normalized spacial score (nSPS) is 14.4. The van der Waals surface area contributed by atoms with Gasteiger partial charge >= 0.3 is 0 Å². The molecule has 0 aromatic heterocycles. The average Bonchev–Trinajstić information content (AvgIpc) is 2.29. The Morgan fingerprint density at radius 1 is 1.06 bits per heavy atom. The highest BCUT2D eigenvalue weighted by molar-refractivity contribution is 14.1. The maximum absolute atomic E-state index is 10.6. The maximum Gasteiger partial charge on any atom is 0.112 e. The fourth-order valence-electron chi connectivity index (χ4n) is 1.73. The van der Waals surface area contributed by atoms with E-state index in [2.05, 4.69) is 22.6 Å². The fraction of sp³-hybridized carbons (Fsp3) is 0.143. The molecule has 1 unspecified atom stereocenters. The minimum atomic E-state index is -1.02. The summed E-state index contributed by atoms with van der Waals surface area (Å²) in [6.45, 7) is 1.78. The lowest BCUT2D eigenvalue weighted by molar-refractivity contribution is 0.102. The van der Waals surface area contributed by atoms with Crippen molar-refractivity contribution < 1.29 is 5.11 Å². The quantitative estimate of drug-likeness (QED) is 0.798. The molecule has 0 radical (unpaired) electrons. The van der Waals surface area contributed by atoms with E-state index in [-0.39, 0.29) is 0 Å². The molecule has 0 aliphatic heterocycles. The van der Waals surface area contributed by atoms with Gasteiger partial charge in [0.25, 0.3) is 0 Å². The van der Waals surface area contributed by atoms with Gasteiger partial charge in [0.1, 0.15) is 5.60 Å². The Morgan fingerprint density at radius 2 is 1.71 bits per heavy atom. The molecule has 0 aliphatic carbocycles. The first-order valence-electron chi connectivity index (χ1n) is 5.24. The Kier molecular flexibility index (Phi) is 3.76. The van der Waals surface area contributed by atoms with Crippen LogP contribution in [0.5, 0.6) is 0 Å². The molecule has 3 heteroatoms. The summed E-state index contributed by atoms with van der Waals surface area (Å²) in [7, 11) is 0. The molecule has 88 valence electrons. The van der Waals surface area contributed by atoms with Gasteiger partial charge in [-0.05, 0) is 64.9 Å². The third kappa shape index (κ3) is 2.81. The predicted molar refractivity (Wildman–Crippen MR) is 79.3 cm³/mol. The van der Waals surface area contributed by atoms with Crippen LogP contribution < -0.4 is 0 Å². The van der Waals surface area contributed by atoms with Gasteiger partial charge in [0, 0.05) is 8.59 Å². The third-order valence-corrected chi connectivity index (χ3v) is 3.75. The molecular formula is C14H12ClIO. The monoisotopic (exact) mass is 358 g/mol. The number of halogens is 2. The van der Waals surface area contributed by atoms with Crippen LogP contribution in [0.15, 0.2) is 48.5 Å². The second-order valence-electron chi connectivity index (χ2n) is 4.09. The summed E-state index contributed by atoms with van der Waals surface area (Å²) in [5, 5.41) is 11.2. The summed E-state index contributed by atoms with van der Waals surface area (Å²) in [6, 6.07) is 15.1. The van der Waals surface area contributed by atoms with E-state index in [0.717, 1.165) is 14.7 Å². The summed E-state index contributed by atoms with van der Waals surface area (Å²) in [5.74, 6) is 0. The molecule has 0 spiro atoms. The van der Waals surface area contributed by atoms with Gasteiger partial charge < -0.3 is 5.11 Å². The van der Waals surface area contributed by atoms with Crippen LogP contribution in [0.25, 0.3) is 0 Å². The van der Waals surface area contributed by atoms with E-state index in [1.807, 2.05) is 36.4 Å². The SMILES string of the molecule is CC(O)(c1ccc(I)cc1)c1cccc(Cl)c1. The van der Waals surface area contributed by atoms with Gasteiger partial charge in [-0.3, -0.25) is 0 Å². The lowest BCUT2D eigenvalue weighted by Gasteiger charge is -2.24. The molecule has 2 aromatic carbocycles. The Balaban J connectivity index is 2.45. The number of benzene rings is 2. The van der Waals surface area contributed by atoms with E-state index < -0.39 is 5.60 Å². The Hall–Kier alpha value is -0.580. The van der Waals surface area contributed by atoms with E-state index in [4.69, 9.17) is 11.6 Å². The van der Waals surface area contributed by atoms with Crippen molar-refractivity contribution in [1.82, 2.24) is 0 Å². The highest BCUT2D eigenvalue weighted by atomic mass is 127. The molecule has 0 fully saturated rings. The van der Waals surface area contributed by atoms with E-state index in [9.17, 15) is 5.11 Å². The number of rotatable bonds is 2. The smallest absolute Gasteiger partial charge is 0.112 e. The van der Waals surface area contributed by atoms with Crippen molar-refractivity contribution in [2.75, 3.05) is 0 Å². The zero-order valence-electron chi connectivity index (χ0n) is 9.32.